The van der Waals surface area contributed by atoms with Gasteiger partial charge in [-0.25, -0.2) is 0 Å². The fourth-order valence-electron chi connectivity index (χ4n) is 9.64. The number of phenols is 1. The number of aromatic nitrogens is 1. The van der Waals surface area contributed by atoms with Crippen molar-refractivity contribution in [2.24, 2.45) is 17.8 Å². The molecule has 0 spiro atoms. The number of rotatable bonds is 10. The molecule has 2 aliphatic carbocycles. The van der Waals surface area contributed by atoms with Crippen LogP contribution in [-0.2, 0) is 9.08 Å². The first-order valence-corrected chi connectivity index (χ1v) is 21.8. The minimum absolute atomic E-state index is 0.0241. The van der Waals surface area contributed by atoms with E-state index in [-0.39, 0.29) is 35.3 Å². The lowest BCUT2D eigenvalue weighted by Crippen LogP contribution is -2.66. The summed E-state index contributed by atoms with van der Waals surface area (Å²) in [4.78, 5) is 33.6. The molecule has 0 amide bonds. The fourth-order valence-corrected chi connectivity index (χ4v) is 14.2. The molecule has 288 valence electrons. The van der Waals surface area contributed by atoms with E-state index < -0.39 is 39.3 Å². The van der Waals surface area contributed by atoms with E-state index in [2.05, 4.69) is 80.4 Å². The minimum atomic E-state index is -3.00. The maximum absolute atomic E-state index is 14.5. The van der Waals surface area contributed by atoms with E-state index in [1.54, 1.807) is 30.5 Å². The Bertz CT molecular complexity index is 2270. The molecule has 7 nitrogen and oxygen atoms in total. The molecule has 1 fully saturated rings. The number of Topliss-reactive ketones (excluding diaryl/α,β-unsaturated/α-hetero) is 2. The average molecular weight is 774 g/mol. The first kappa shape index (κ1) is 38.7. The molecule has 2 heterocycles. The molecule has 0 unspecified atom stereocenters. The van der Waals surface area contributed by atoms with Crippen molar-refractivity contribution in [2.45, 2.75) is 57.5 Å². The van der Waals surface area contributed by atoms with Gasteiger partial charge in [0.1, 0.15) is 5.75 Å². The Balaban J connectivity index is 1.24. The summed E-state index contributed by atoms with van der Waals surface area (Å²) in [5, 5.41) is 23.4. The van der Waals surface area contributed by atoms with Gasteiger partial charge >= 0.3 is 7.12 Å². The van der Waals surface area contributed by atoms with Gasteiger partial charge in [0, 0.05) is 29.2 Å². The molecule has 4 atom stereocenters. The van der Waals surface area contributed by atoms with E-state index in [1.807, 2.05) is 54.6 Å². The van der Waals surface area contributed by atoms with Crippen LogP contribution in [-0.4, -0.2) is 54.8 Å². The Morgan fingerprint density at radius 2 is 1.44 bits per heavy atom. The number of aromatic hydroxyl groups is 1. The molecular weight excluding hydrogens is 725 g/mol. The number of benzene rings is 4. The number of nitrogens with zero attached hydrogens (tertiary/aromatic N) is 1. The van der Waals surface area contributed by atoms with Crippen LogP contribution in [0.5, 0.6) is 5.75 Å². The highest BCUT2D eigenvalue weighted by Crippen LogP contribution is 2.51. The largest absolute Gasteiger partial charge is 0.508 e. The summed E-state index contributed by atoms with van der Waals surface area (Å²) < 4.78 is 14.0. The van der Waals surface area contributed by atoms with Crippen molar-refractivity contribution in [3.05, 3.63) is 167 Å². The van der Waals surface area contributed by atoms with E-state index in [1.165, 1.54) is 0 Å². The summed E-state index contributed by atoms with van der Waals surface area (Å²) >= 11 is 0. The third-order valence-electron chi connectivity index (χ3n) is 12.1. The summed E-state index contributed by atoms with van der Waals surface area (Å²) in [6.07, 6.45) is 4.94. The van der Waals surface area contributed by atoms with E-state index in [9.17, 15) is 19.7 Å². The molecule has 1 aromatic heterocycles. The maximum Gasteiger partial charge on any atom is 0.455 e. The maximum atomic E-state index is 14.5. The van der Waals surface area contributed by atoms with Gasteiger partial charge in [0.05, 0.1) is 18.4 Å². The van der Waals surface area contributed by atoms with E-state index >= 15 is 0 Å². The van der Waals surface area contributed by atoms with Crippen LogP contribution < -0.4 is 10.4 Å². The molecule has 2 N–H and O–H groups in total. The van der Waals surface area contributed by atoms with E-state index in [0.29, 0.717) is 30.4 Å². The predicted octanol–water partition coefficient (Wildman–Crippen LogP) is 8.19. The smallest absolute Gasteiger partial charge is 0.455 e. The predicted molar refractivity (Wildman–Crippen MR) is 228 cm³/mol. The number of ketones is 2. The molecule has 0 saturated carbocycles. The minimum Gasteiger partial charge on any atom is -0.508 e. The van der Waals surface area contributed by atoms with Gasteiger partial charge in [-0.3, -0.25) is 14.6 Å². The second kappa shape index (κ2) is 16.0. The fraction of sp³-hybridized carbons (Fsp3) is 0.271. The number of phenolic OH excluding ortho intramolecular Hbond substituents is 1. The topological polar surface area (TPSA) is 106 Å². The van der Waals surface area contributed by atoms with Crippen LogP contribution in [0.2, 0.25) is 11.4 Å². The van der Waals surface area contributed by atoms with Gasteiger partial charge in [-0.15, -0.1) is 0 Å². The van der Waals surface area contributed by atoms with Gasteiger partial charge in [0.25, 0.3) is 8.32 Å². The molecule has 5 aromatic rings. The van der Waals surface area contributed by atoms with Crippen LogP contribution in [0.15, 0.2) is 145 Å². The highest BCUT2D eigenvalue weighted by Gasteiger charge is 2.55. The van der Waals surface area contributed by atoms with Crippen molar-refractivity contribution in [1.82, 2.24) is 4.98 Å². The monoisotopic (exact) mass is 773 g/mol. The molecule has 57 heavy (non-hydrogen) atoms. The number of hydrogen-bond acceptors (Lipinski definition) is 7. The Kier molecular flexibility index (Phi) is 10.8. The van der Waals surface area contributed by atoms with Crippen LogP contribution in [0, 0.1) is 17.8 Å². The van der Waals surface area contributed by atoms with Crippen molar-refractivity contribution in [2.75, 3.05) is 6.61 Å². The first-order valence-electron chi connectivity index (χ1n) is 19.9. The Labute approximate surface area is 336 Å². The zero-order valence-electron chi connectivity index (χ0n) is 32.7. The highest BCUT2D eigenvalue weighted by molar-refractivity contribution is 6.99. The molecule has 9 heteroatoms. The van der Waals surface area contributed by atoms with Gasteiger partial charge in [0.15, 0.2) is 11.6 Å². The number of carbonyl (C=O) groups is 2. The van der Waals surface area contributed by atoms with Crippen LogP contribution >= 0.6 is 0 Å². The molecule has 1 aliphatic heterocycles. The zero-order valence-corrected chi connectivity index (χ0v) is 33.7. The molecule has 8 rings (SSSR count). The third kappa shape index (κ3) is 7.41. The van der Waals surface area contributed by atoms with Crippen molar-refractivity contribution >= 4 is 49.0 Å². The summed E-state index contributed by atoms with van der Waals surface area (Å²) in [6.45, 7) is 7.01. The number of allylic oxidation sites excluding steroid dienone is 1. The van der Waals surface area contributed by atoms with Crippen LogP contribution in [0.1, 0.15) is 72.0 Å². The highest BCUT2D eigenvalue weighted by atomic mass is 28.4. The van der Waals surface area contributed by atoms with Gasteiger partial charge in [0.2, 0.25) is 0 Å². The SMILES string of the molecule is CC(C)(C)[Si](OCC1=C2[C@@H](CC/C(=C/c3ccc(O)cc3)c3ccccn3)OB(O)C[C@@H]2[C@@H]2C(=O)c3ccccc3C(=O)[C@@H]2C1)(c1ccccc1)c1ccccc1. The second-order valence-electron chi connectivity index (χ2n) is 16.6. The lowest BCUT2D eigenvalue weighted by Gasteiger charge is -2.48. The normalized spacial score (nSPS) is 21.2. The lowest BCUT2D eigenvalue weighted by atomic mass is 9.54. The van der Waals surface area contributed by atoms with Crippen molar-refractivity contribution in [3.63, 3.8) is 0 Å². The number of pyridine rings is 1. The van der Waals surface area contributed by atoms with E-state index in [0.717, 1.165) is 38.4 Å². The third-order valence-corrected chi connectivity index (χ3v) is 17.1. The van der Waals surface area contributed by atoms with Gasteiger partial charge < -0.3 is 19.2 Å². The standard InChI is InChI=1S/C48H48BNO6Si/c1-48(2,3)57(36-14-6-4-7-15-36,37-16-8-5-9-17-37)55-31-34-29-40-45(47(53)39-19-11-10-18-38(39)46(40)52)41-30-49(54)56-43(44(34)41)26-23-33(42-20-12-13-27-50-42)28-32-21-24-35(51)25-22-32/h4-22,24-25,27-28,40-41,43,45,51,54H,23,26,29-31H2,1-3H3/b33-28-/t40-,41+,43-,45-/m1/s1. The number of carbonyl (C=O) groups excluding carboxylic acids is 2. The van der Waals surface area contributed by atoms with Crippen LogP contribution in [0.25, 0.3) is 11.6 Å². The lowest BCUT2D eigenvalue weighted by molar-refractivity contribution is 0.0592. The number of hydrogen-bond donors (Lipinski definition) is 2. The Morgan fingerprint density at radius 3 is 2.05 bits per heavy atom. The van der Waals surface area contributed by atoms with E-state index in [4.69, 9.17) is 9.08 Å². The first-order chi connectivity index (χ1) is 27.5. The van der Waals surface area contributed by atoms with Crippen molar-refractivity contribution < 1.29 is 28.8 Å². The quantitative estimate of drug-likeness (QED) is 0.109. The van der Waals surface area contributed by atoms with Crippen LogP contribution in [0.3, 0.4) is 0 Å². The Hall–Kier alpha value is -5.19. The molecular formula is C48H48BNO6Si. The summed E-state index contributed by atoms with van der Waals surface area (Å²) in [6, 6.07) is 41.0. The summed E-state index contributed by atoms with van der Waals surface area (Å²) in [5.74, 6) is -1.45. The summed E-state index contributed by atoms with van der Waals surface area (Å²) in [5.41, 5.74) is 5.60. The van der Waals surface area contributed by atoms with Crippen molar-refractivity contribution in [1.29, 1.82) is 0 Å². The van der Waals surface area contributed by atoms with Gasteiger partial charge in [-0.2, -0.15) is 0 Å². The summed E-state index contributed by atoms with van der Waals surface area (Å²) in [7, 11) is -4.11. The zero-order chi connectivity index (χ0) is 39.7. The molecule has 0 bridgehead atoms. The average Bonchev–Trinajstić information content (AvgIpc) is 3.22. The Morgan fingerprint density at radius 1 is 0.825 bits per heavy atom. The second-order valence-corrected chi connectivity index (χ2v) is 20.9. The molecule has 3 aliphatic rings. The molecule has 1 saturated heterocycles. The van der Waals surface area contributed by atoms with Crippen molar-refractivity contribution in [3.8, 4) is 5.75 Å². The number of fused-ring (bicyclic) bond motifs is 4. The van der Waals surface area contributed by atoms with Gasteiger partial charge in [-0.05, 0) is 99.5 Å². The van der Waals surface area contributed by atoms with Gasteiger partial charge in [-0.1, -0.05) is 124 Å². The molecule has 0 radical (unpaired) electrons. The molecule has 4 aromatic carbocycles. The van der Waals surface area contributed by atoms with Crippen LogP contribution in [0.4, 0.5) is 0 Å².